The fourth-order valence-corrected chi connectivity index (χ4v) is 2.40. The van der Waals surface area contributed by atoms with Gasteiger partial charge in [0.2, 0.25) is 0 Å². The van der Waals surface area contributed by atoms with E-state index in [1.165, 1.54) is 0 Å². The van der Waals surface area contributed by atoms with E-state index in [2.05, 4.69) is 14.8 Å². The van der Waals surface area contributed by atoms with E-state index in [-0.39, 0.29) is 6.61 Å². The smallest absolute Gasteiger partial charge is 0.129 e. The van der Waals surface area contributed by atoms with Gasteiger partial charge in [-0.1, -0.05) is 11.6 Å². The van der Waals surface area contributed by atoms with Crippen molar-refractivity contribution in [3.8, 4) is 0 Å². The van der Waals surface area contributed by atoms with Gasteiger partial charge in [-0.3, -0.25) is 4.90 Å². The quantitative estimate of drug-likeness (QED) is 0.823. The van der Waals surface area contributed by atoms with Gasteiger partial charge in [-0.25, -0.2) is 4.98 Å². The number of aliphatic hydroxyl groups is 1. The maximum absolute atomic E-state index is 8.90. The van der Waals surface area contributed by atoms with Gasteiger partial charge < -0.3 is 10.0 Å². The Morgan fingerprint density at radius 1 is 1.29 bits per heavy atom. The van der Waals surface area contributed by atoms with Crippen LogP contribution in [-0.2, 0) is 0 Å². The van der Waals surface area contributed by atoms with Gasteiger partial charge in [0, 0.05) is 32.7 Å². The summed E-state index contributed by atoms with van der Waals surface area (Å²) in [6.07, 6.45) is 0. The van der Waals surface area contributed by atoms with Crippen LogP contribution in [0.1, 0.15) is 5.69 Å². The minimum Gasteiger partial charge on any atom is -0.395 e. The summed E-state index contributed by atoms with van der Waals surface area (Å²) in [6, 6.07) is 3.87. The van der Waals surface area contributed by atoms with Gasteiger partial charge in [0.15, 0.2) is 0 Å². The molecule has 1 aromatic heterocycles. The largest absolute Gasteiger partial charge is 0.395 e. The van der Waals surface area contributed by atoms with Crippen LogP contribution in [0.15, 0.2) is 12.1 Å². The predicted octanol–water partition coefficient (Wildman–Crippen LogP) is 1.16. The zero-order chi connectivity index (χ0) is 12.3. The highest BCUT2D eigenvalue weighted by Crippen LogP contribution is 2.21. The van der Waals surface area contributed by atoms with Gasteiger partial charge in [0.05, 0.1) is 18.0 Å². The van der Waals surface area contributed by atoms with Crippen LogP contribution in [-0.4, -0.2) is 54.3 Å². The van der Waals surface area contributed by atoms with Gasteiger partial charge in [0.25, 0.3) is 0 Å². The van der Waals surface area contributed by atoms with E-state index in [0.29, 0.717) is 5.15 Å². The minimum absolute atomic E-state index is 0.238. The third-order valence-corrected chi connectivity index (χ3v) is 3.36. The number of piperazine rings is 1. The molecule has 0 spiro atoms. The summed E-state index contributed by atoms with van der Waals surface area (Å²) in [6.45, 7) is 6.92. The number of anilines is 1. The summed E-state index contributed by atoms with van der Waals surface area (Å²) < 4.78 is 0. The van der Waals surface area contributed by atoms with Crippen LogP contribution in [0.3, 0.4) is 0 Å². The summed E-state index contributed by atoms with van der Waals surface area (Å²) in [5, 5.41) is 9.44. The van der Waals surface area contributed by atoms with Crippen molar-refractivity contribution >= 4 is 17.3 Å². The number of hydrogen-bond acceptors (Lipinski definition) is 4. The Morgan fingerprint density at radius 3 is 2.59 bits per heavy atom. The highest BCUT2D eigenvalue weighted by atomic mass is 35.5. The van der Waals surface area contributed by atoms with Crippen molar-refractivity contribution in [3.63, 3.8) is 0 Å². The fourth-order valence-electron chi connectivity index (χ4n) is 2.21. The lowest BCUT2D eigenvalue weighted by Gasteiger charge is -2.36. The molecule has 0 aliphatic carbocycles. The molecule has 0 radical (unpaired) electrons. The zero-order valence-corrected chi connectivity index (χ0v) is 10.8. The molecule has 17 heavy (non-hydrogen) atoms. The molecule has 94 valence electrons. The number of β-amino-alcohol motifs (C(OH)–C–C–N with tert-alkyl or cyclic N) is 1. The number of rotatable bonds is 3. The van der Waals surface area contributed by atoms with Crippen LogP contribution in [0, 0.1) is 6.92 Å². The molecule has 1 aromatic rings. The average molecular weight is 256 g/mol. The monoisotopic (exact) mass is 255 g/mol. The second-order valence-electron chi connectivity index (χ2n) is 4.29. The molecule has 4 nitrogen and oxygen atoms in total. The molecular formula is C12H18ClN3O. The van der Waals surface area contributed by atoms with Crippen LogP contribution >= 0.6 is 11.6 Å². The van der Waals surface area contributed by atoms with Gasteiger partial charge in [0.1, 0.15) is 5.15 Å². The maximum atomic E-state index is 8.90. The number of halogens is 1. The van der Waals surface area contributed by atoms with Crippen LogP contribution in [0.25, 0.3) is 0 Å². The average Bonchev–Trinajstić information content (AvgIpc) is 2.31. The third kappa shape index (κ3) is 3.09. The number of pyridine rings is 1. The van der Waals surface area contributed by atoms with E-state index < -0.39 is 0 Å². The zero-order valence-electron chi connectivity index (χ0n) is 10.1. The molecule has 5 heteroatoms. The molecule has 1 saturated heterocycles. The van der Waals surface area contributed by atoms with Gasteiger partial charge >= 0.3 is 0 Å². The molecule has 1 N–H and O–H groups in total. The van der Waals surface area contributed by atoms with Crippen molar-refractivity contribution in [2.24, 2.45) is 0 Å². The van der Waals surface area contributed by atoms with Crippen molar-refractivity contribution in [1.29, 1.82) is 0 Å². The van der Waals surface area contributed by atoms with Gasteiger partial charge in [-0.05, 0) is 19.1 Å². The Bertz CT molecular complexity index is 378. The summed E-state index contributed by atoms with van der Waals surface area (Å²) in [5.41, 5.74) is 2.14. The lowest BCUT2D eigenvalue weighted by Crippen LogP contribution is -2.47. The Labute approximate surface area is 107 Å². The maximum Gasteiger partial charge on any atom is 0.129 e. The van der Waals surface area contributed by atoms with Crippen molar-refractivity contribution in [1.82, 2.24) is 9.88 Å². The molecule has 1 fully saturated rings. The normalized spacial score (nSPS) is 17.5. The SMILES string of the molecule is Cc1nc(Cl)ccc1N1CCN(CCO)CC1. The lowest BCUT2D eigenvalue weighted by atomic mass is 10.2. The first kappa shape index (κ1) is 12.6. The van der Waals surface area contributed by atoms with E-state index in [4.69, 9.17) is 16.7 Å². The summed E-state index contributed by atoms with van der Waals surface area (Å²) in [7, 11) is 0. The number of aliphatic hydroxyl groups excluding tert-OH is 1. The first-order chi connectivity index (χ1) is 8.20. The first-order valence-corrected chi connectivity index (χ1v) is 6.30. The summed E-state index contributed by atoms with van der Waals surface area (Å²) in [4.78, 5) is 8.87. The molecule has 0 bridgehead atoms. The van der Waals surface area contributed by atoms with Crippen LogP contribution in [0.2, 0.25) is 5.15 Å². The Morgan fingerprint density at radius 2 is 2.00 bits per heavy atom. The number of aromatic nitrogens is 1. The van der Waals surface area contributed by atoms with Crippen molar-refractivity contribution in [3.05, 3.63) is 23.0 Å². The van der Waals surface area contributed by atoms with Crippen molar-refractivity contribution in [2.75, 3.05) is 44.2 Å². The number of nitrogens with zero attached hydrogens (tertiary/aromatic N) is 3. The Hall–Kier alpha value is -0.840. The van der Waals surface area contributed by atoms with Crippen LogP contribution in [0.5, 0.6) is 0 Å². The Balaban J connectivity index is 2.00. The lowest BCUT2D eigenvalue weighted by molar-refractivity contribution is 0.188. The number of hydrogen-bond donors (Lipinski definition) is 1. The van der Waals surface area contributed by atoms with E-state index in [9.17, 15) is 0 Å². The summed E-state index contributed by atoms with van der Waals surface area (Å²) >= 11 is 5.85. The molecule has 0 unspecified atom stereocenters. The highest BCUT2D eigenvalue weighted by molar-refractivity contribution is 6.29. The summed E-state index contributed by atoms with van der Waals surface area (Å²) in [5.74, 6) is 0. The molecule has 0 amide bonds. The fraction of sp³-hybridized carbons (Fsp3) is 0.583. The van der Waals surface area contributed by atoms with E-state index in [1.54, 1.807) is 0 Å². The molecule has 0 saturated carbocycles. The van der Waals surface area contributed by atoms with E-state index in [0.717, 1.165) is 44.1 Å². The molecule has 1 aliphatic rings. The third-order valence-electron chi connectivity index (χ3n) is 3.15. The van der Waals surface area contributed by atoms with Crippen molar-refractivity contribution in [2.45, 2.75) is 6.92 Å². The predicted molar refractivity (Wildman–Crippen MR) is 69.7 cm³/mol. The second-order valence-corrected chi connectivity index (χ2v) is 4.68. The Kier molecular flexibility index (Phi) is 4.20. The molecule has 1 aliphatic heterocycles. The van der Waals surface area contributed by atoms with Crippen LogP contribution < -0.4 is 4.90 Å². The molecular weight excluding hydrogens is 238 g/mol. The van der Waals surface area contributed by atoms with Gasteiger partial charge in [-0.2, -0.15) is 0 Å². The molecule has 2 rings (SSSR count). The topological polar surface area (TPSA) is 39.6 Å². The van der Waals surface area contributed by atoms with Crippen molar-refractivity contribution < 1.29 is 5.11 Å². The van der Waals surface area contributed by atoms with Gasteiger partial charge in [-0.15, -0.1) is 0 Å². The molecule has 2 heterocycles. The highest BCUT2D eigenvalue weighted by Gasteiger charge is 2.18. The second kappa shape index (κ2) is 5.67. The standard InChI is InChI=1S/C12H18ClN3O/c1-10-11(2-3-12(13)14-10)16-6-4-15(5-7-16)8-9-17/h2-3,17H,4-9H2,1H3. The minimum atomic E-state index is 0.238. The van der Waals surface area contributed by atoms with Crippen LogP contribution in [0.4, 0.5) is 5.69 Å². The molecule has 0 aromatic carbocycles. The number of aryl methyl sites for hydroxylation is 1. The van der Waals surface area contributed by atoms with E-state index in [1.807, 2.05) is 19.1 Å². The molecule has 0 atom stereocenters. The van der Waals surface area contributed by atoms with E-state index >= 15 is 0 Å². The first-order valence-electron chi connectivity index (χ1n) is 5.92.